The summed E-state index contributed by atoms with van der Waals surface area (Å²) in [6, 6.07) is 3.48. The van der Waals surface area contributed by atoms with E-state index in [4.69, 9.17) is 0 Å². The molecule has 1 heteroatoms. The fraction of sp³-hybridized carbons (Fsp3) is 0.538. The van der Waals surface area contributed by atoms with Gasteiger partial charge in [-0.1, -0.05) is 39.0 Å². The van der Waals surface area contributed by atoms with Crippen molar-refractivity contribution in [1.29, 1.82) is 0 Å². The van der Waals surface area contributed by atoms with Gasteiger partial charge in [0, 0.05) is 0 Å². The van der Waals surface area contributed by atoms with Crippen LogP contribution in [0, 0.1) is 0 Å². The second-order valence-electron chi connectivity index (χ2n) is 5.01. The van der Waals surface area contributed by atoms with Gasteiger partial charge in [0.25, 0.3) is 0 Å². The van der Waals surface area contributed by atoms with Crippen molar-refractivity contribution >= 4 is 8.07 Å². The molecule has 0 saturated heterocycles. The molecule has 0 fully saturated rings. The lowest BCUT2D eigenvalue weighted by atomic mass is 10.2. The molecule has 0 aliphatic heterocycles. The van der Waals surface area contributed by atoms with Crippen LogP contribution in [-0.4, -0.2) is 8.07 Å². The predicted molar refractivity (Wildman–Crippen MR) is 70.5 cm³/mol. The van der Waals surface area contributed by atoms with Gasteiger partial charge in [-0.05, 0) is 23.2 Å². The van der Waals surface area contributed by atoms with Crippen molar-refractivity contribution in [3.63, 3.8) is 0 Å². The highest BCUT2D eigenvalue weighted by atomic mass is 28.3. The minimum atomic E-state index is -1.35. The molecular weight excluding hydrogens is 184 g/mol. The Bertz CT molecular complexity index is 181. The van der Waals surface area contributed by atoms with Gasteiger partial charge >= 0.3 is 0 Å². The quantitative estimate of drug-likeness (QED) is 0.435. The molecule has 14 heavy (non-hydrogen) atoms. The summed E-state index contributed by atoms with van der Waals surface area (Å²) in [6.45, 7) is 18.7. The molecule has 0 rings (SSSR count). The van der Waals surface area contributed by atoms with Gasteiger partial charge in [0.2, 0.25) is 0 Å². The topological polar surface area (TPSA) is 0 Å². The normalized spacial score (nSPS) is 12.2. The summed E-state index contributed by atoms with van der Waals surface area (Å²) < 4.78 is 0. The third kappa shape index (κ3) is 2.98. The van der Waals surface area contributed by atoms with E-state index in [1.54, 1.807) is 0 Å². The third-order valence-electron chi connectivity index (χ3n) is 3.20. The van der Waals surface area contributed by atoms with E-state index in [0.29, 0.717) is 5.04 Å². The summed E-state index contributed by atoms with van der Waals surface area (Å²) in [6.07, 6.45) is 6.22. The van der Waals surface area contributed by atoms with Gasteiger partial charge in [-0.2, -0.15) is 0 Å². The molecule has 0 aromatic carbocycles. The van der Waals surface area contributed by atoms with Crippen molar-refractivity contribution in [2.24, 2.45) is 0 Å². The molecule has 0 spiro atoms. The maximum absolute atomic E-state index is 3.89. The van der Waals surface area contributed by atoms with Crippen LogP contribution < -0.4 is 0 Å². The first-order valence-corrected chi connectivity index (χ1v) is 7.88. The molecule has 0 saturated carbocycles. The summed E-state index contributed by atoms with van der Waals surface area (Å²) >= 11 is 0. The van der Waals surface area contributed by atoms with Crippen molar-refractivity contribution < 1.29 is 0 Å². The largest absolute Gasteiger partial charge is 0.103 e. The average Bonchev–Trinajstić information content (AvgIpc) is 2.03. The first-order valence-electron chi connectivity index (χ1n) is 5.26. The first kappa shape index (κ1) is 13.4. The number of rotatable bonds is 6. The van der Waals surface area contributed by atoms with Crippen LogP contribution in [0.4, 0.5) is 0 Å². The zero-order chi connectivity index (χ0) is 11.2. The van der Waals surface area contributed by atoms with Gasteiger partial charge in [-0.15, -0.1) is 19.7 Å². The monoisotopic (exact) mass is 208 g/mol. The van der Waals surface area contributed by atoms with E-state index in [1.807, 2.05) is 0 Å². The highest BCUT2D eigenvalue weighted by Crippen LogP contribution is 2.44. The van der Waals surface area contributed by atoms with E-state index in [1.165, 1.54) is 0 Å². The fourth-order valence-electron chi connectivity index (χ4n) is 2.00. The molecule has 0 aliphatic rings. The second kappa shape index (κ2) is 5.35. The Morgan fingerprint density at radius 1 is 0.857 bits per heavy atom. The zero-order valence-electron chi connectivity index (χ0n) is 9.97. The summed E-state index contributed by atoms with van der Waals surface area (Å²) in [4.78, 5) is 0. The van der Waals surface area contributed by atoms with Crippen LogP contribution in [0.1, 0.15) is 20.8 Å². The van der Waals surface area contributed by atoms with E-state index in [2.05, 4.69) is 58.7 Å². The molecule has 0 aliphatic carbocycles. The van der Waals surface area contributed by atoms with Gasteiger partial charge in [0.1, 0.15) is 0 Å². The van der Waals surface area contributed by atoms with E-state index in [0.717, 1.165) is 18.1 Å². The van der Waals surface area contributed by atoms with Gasteiger partial charge in [-0.3, -0.25) is 0 Å². The number of allylic oxidation sites excluding steroid dienone is 3. The average molecular weight is 208 g/mol. The lowest BCUT2D eigenvalue weighted by Crippen LogP contribution is -2.42. The van der Waals surface area contributed by atoms with Crippen molar-refractivity contribution in [2.45, 2.75) is 43.9 Å². The van der Waals surface area contributed by atoms with E-state index >= 15 is 0 Å². The molecule has 0 atom stereocenters. The summed E-state index contributed by atoms with van der Waals surface area (Å²) in [5.41, 5.74) is 0. The van der Waals surface area contributed by atoms with Gasteiger partial charge in [-0.25, -0.2) is 0 Å². The van der Waals surface area contributed by atoms with Crippen LogP contribution in [0.5, 0.6) is 0 Å². The Balaban J connectivity index is 5.00. The molecule has 0 heterocycles. The molecule has 0 nitrogen and oxygen atoms in total. The third-order valence-corrected chi connectivity index (χ3v) is 9.59. The van der Waals surface area contributed by atoms with Crippen molar-refractivity contribution in [2.75, 3.05) is 0 Å². The standard InChI is InChI=1S/C13H24Si/c1-7-10-14(11-8-2,12-9-3)13(4,5)6/h7-9H,1-3,10-12H2,4-6H3. The number of hydrogen-bond acceptors (Lipinski definition) is 0. The van der Waals surface area contributed by atoms with Crippen molar-refractivity contribution in [1.82, 2.24) is 0 Å². The van der Waals surface area contributed by atoms with E-state index in [-0.39, 0.29) is 0 Å². The van der Waals surface area contributed by atoms with Crippen molar-refractivity contribution in [3.8, 4) is 0 Å². The van der Waals surface area contributed by atoms with Gasteiger partial charge in [0.05, 0.1) is 8.07 Å². The minimum Gasteiger partial charge on any atom is -0.103 e. The molecule has 0 radical (unpaired) electrons. The highest BCUT2D eigenvalue weighted by molar-refractivity contribution is 6.83. The molecule has 0 aromatic rings. The Kier molecular flexibility index (Phi) is 5.14. The SMILES string of the molecule is C=CC[Si](CC=C)(CC=C)C(C)(C)C. The van der Waals surface area contributed by atoms with Crippen molar-refractivity contribution in [3.05, 3.63) is 38.0 Å². The summed E-state index contributed by atoms with van der Waals surface area (Å²) in [7, 11) is -1.35. The number of hydrogen-bond donors (Lipinski definition) is 0. The maximum atomic E-state index is 3.89. The van der Waals surface area contributed by atoms with Crippen LogP contribution in [0.2, 0.25) is 23.2 Å². The molecule has 80 valence electrons. The molecular formula is C13H24Si. The predicted octanol–water partition coefficient (Wildman–Crippen LogP) is 4.79. The second-order valence-corrected chi connectivity index (χ2v) is 10.3. The summed E-state index contributed by atoms with van der Waals surface area (Å²) in [5.74, 6) is 0. The van der Waals surface area contributed by atoms with Crippen LogP contribution in [-0.2, 0) is 0 Å². The summed E-state index contributed by atoms with van der Waals surface area (Å²) in [5, 5.41) is 0.392. The van der Waals surface area contributed by atoms with E-state index < -0.39 is 8.07 Å². The van der Waals surface area contributed by atoms with Gasteiger partial charge < -0.3 is 0 Å². The lowest BCUT2D eigenvalue weighted by molar-refractivity contribution is 0.709. The molecule has 0 aromatic heterocycles. The van der Waals surface area contributed by atoms with Gasteiger partial charge in [0.15, 0.2) is 0 Å². The Morgan fingerprint density at radius 3 is 1.29 bits per heavy atom. The molecule has 0 bridgehead atoms. The molecule has 0 amide bonds. The van der Waals surface area contributed by atoms with Crippen LogP contribution >= 0.6 is 0 Å². The van der Waals surface area contributed by atoms with Crippen LogP contribution in [0.25, 0.3) is 0 Å². The van der Waals surface area contributed by atoms with E-state index in [9.17, 15) is 0 Å². The smallest absolute Gasteiger partial charge is 0.0702 e. The van der Waals surface area contributed by atoms with Crippen LogP contribution in [0.15, 0.2) is 38.0 Å². The molecule has 0 N–H and O–H groups in total. The Labute approximate surface area is 90.4 Å². The highest BCUT2D eigenvalue weighted by Gasteiger charge is 2.40. The Morgan fingerprint density at radius 2 is 1.14 bits per heavy atom. The Hall–Kier alpha value is -0.563. The first-order chi connectivity index (χ1) is 6.43. The minimum absolute atomic E-state index is 0.392. The van der Waals surface area contributed by atoms with Crippen LogP contribution in [0.3, 0.4) is 0 Å². The molecule has 0 unspecified atom stereocenters. The maximum Gasteiger partial charge on any atom is 0.0702 e. The lowest BCUT2D eigenvalue weighted by Gasteiger charge is -2.41. The zero-order valence-corrected chi connectivity index (χ0v) is 11.0. The fourth-order valence-corrected chi connectivity index (χ4v) is 5.99.